The van der Waals surface area contributed by atoms with E-state index in [1.54, 1.807) is 0 Å². The zero-order valence-corrected chi connectivity index (χ0v) is 12.5. The Morgan fingerprint density at radius 3 is 2.63 bits per heavy atom. The third-order valence-electron chi connectivity index (χ3n) is 4.10. The number of nitrogens with one attached hydrogen (secondary N) is 1. The molecule has 1 aliphatic heterocycles. The predicted molar refractivity (Wildman–Crippen MR) is 81.1 cm³/mol. The lowest BCUT2D eigenvalue weighted by Gasteiger charge is -2.40. The van der Waals surface area contributed by atoms with Crippen molar-refractivity contribution in [2.24, 2.45) is 0 Å². The lowest BCUT2D eigenvalue weighted by atomic mass is 9.97. The first-order chi connectivity index (χ1) is 9.30. The maximum Gasteiger partial charge on any atom is 0.0466 e. The van der Waals surface area contributed by atoms with E-state index in [4.69, 9.17) is 0 Å². The van der Waals surface area contributed by atoms with E-state index in [0.717, 1.165) is 39.1 Å². The fourth-order valence-electron chi connectivity index (χ4n) is 3.02. The van der Waals surface area contributed by atoms with Gasteiger partial charge in [0.1, 0.15) is 0 Å². The molecule has 3 heteroatoms. The molecule has 0 aliphatic carbocycles. The molecule has 106 valence electrons. The van der Waals surface area contributed by atoms with Gasteiger partial charge in [0.05, 0.1) is 0 Å². The summed E-state index contributed by atoms with van der Waals surface area (Å²) < 4.78 is 0. The van der Waals surface area contributed by atoms with Crippen molar-refractivity contribution in [2.75, 3.05) is 32.7 Å². The molecule has 0 aromatic heterocycles. The monoisotopic (exact) mass is 261 g/mol. The van der Waals surface area contributed by atoms with E-state index in [1.165, 1.54) is 11.1 Å². The number of rotatable bonds is 5. The molecule has 1 aromatic carbocycles. The Morgan fingerprint density at radius 2 is 1.95 bits per heavy atom. The number of nitrogens with zero attached hydrogens (tertiary/aromatic N) is 2. The van der Waals surface area contributed by atoms with E-state index >= 15 is 0 Å². The Balaban J connectivity index is 2.12. The number of piperazine rings is 1. The van der Waals surface area contributed by atoms with Crippen LogP contribution < -0.4 is 5.32 Å². The summed E-state index contributed by atoms with van der Waals surface area (Å²) in [6.07, 6.45) is 1.11. The van der Waals surface area contributed by atoms with Crippen LogP contribution in [0.3, 0.4) is 0 Å². The largest absolute Gasteiger partial charge is 0.307 e. The van der Waals surface area contributed by atoms with Crippen LogP contribution >= 0.6 is 0 Å². The number of hydrazine groups is 1. The first-order valence-corrected chi connectivity index (χ1v) is 7.61. The van der Waals surface area contributed by atoms with Crippen molar-refractivity contribution >= 4 is 0 Å². The molecule has 0 amide bonds. The van der Waals surface area contributed by atoms with Gasteiger partial charge in [-0.25, -0.2) is 10.0 Å². The van der Waals surface area contributed by atoms with E-state index < -0.39 is 0 Å². The molecular weight excluding hydrogens is 234 g/mol. The quantitative estimate of drug-likeness (QED) is 0.878. The molecule has 1 aromatic rings. The fraction of sp³-hybridized carbons (Fsp3) is 0.625. The molecule has 0 bridgehead atoms. The highest BCUT2D eigenvalue weighted by molar-refractivity contribution is 5.30. The lowest BCUT2D eigenvalue weighted by Crippen LogP contribution is -2.53. The molecule has 0 spiro atoms. The van der Waals surface area contributed by atoms with Crippen molar-refractivity contribution in [3.8, 4) is 0 Å². The number of benzene rings is 1. The third-order valence-corrected chi connectivity index (χ3v) is 4.10. The van der Waals surface area contributed by atoms with Gasteiger partial charge in [-0.3, -0.25) is 0 Å². The van der Waals surface area contributed by atoms with Crippen molar-refractivity contribution in [3.05, 3.63) is 35.4 Å². The van der Waals surface area contributed by atoms with Crippen LogP contribution in [0.5, 0.6) is 0 Å². The van der Waals surface area contributed by atoms with Crippen molar-refractivity contribution in [2.45, 2.75) is 33.2 Å². The van der Waals surface area contributed by atoms with Gasteiger partial charge in [0, 0.05) is 38.8 Å². The van der Waals surface area contributed by atoms with Crippen LogP contribution in [0.15, 0.2) is 24.3 Å². The molecule has 2 rings (SSSR count). The second-order valence-corrected chi connectivity index (χ2v) is 5.11. The minimum atomic E-state index is 0.463. The summed E-state index contributed by atoms with van der Waals surface area (Å²) in [5.41, 5.74) is 2.95. The predicted octanol–water partition coefficient (Wildman–Crippen LogP) is 2.45. The second kappa shape index (κ2) is 7.04. The summed E-state index contributed by atoms with van der Waals surface area (Å²) in [6.45, 7) is 12.2. The van der Waals surface area contributed by atoms with Crippen LogP contribution in [0.25, 0.3) is 0 Å². The molecule has 1 saturated heterocycles. The smallest absolute Gasteiger partial charge is 0.0466 e. The molecule has 1 fully saturated rings. The Morgan fingerprint density at radius 1 is 1.21 bits per heavy atom. The SMILES string of the molecule is CCc1ccccc1C1CN(N(CC)CC)CCN1. The molecule has 0 radical (unpaired) electrons. The maximum absolute atomic E-state index is 3.67. The zero-order valence-electron chi connectivity index (χ0n) is 12.5. The van der Waals surface area contributed by atoms with E-state index in [0.29, 0.717) is 6.04 Å². The molecular formula is C16H27N3. The fourth-order valence-corrected chi connectivity index (χ4v) is 3.02. The van der Waals surface area contributed by atoms with Crippen molar-refractivity contribution in [3.63, 3.8) is 0 Å². The highest BCUT2D eigenvalue weighted by atomic mass is 15.6. The van der Waals surface area contributed by atoms with E-state index in [1.807, 2.05) is 0 Å². The summed E-state index contributed by atoms with van der Waals surface area (Å²) >= 11 is 0. The maximum atomic E-state index is 3.67. The third kappa shape index (κ3) is 3.35. The van der Waals surface area contributed by atoms with Gasteiger partial charge in [0.2, 0.25) is 0 Å². The van der Waals surface area contributed by atoms with Gasteiger partial charge in [0.25, 0.3) is 0 Å². The van der Waals surface area contributed by atoms with Gasteiger partial charge >= 0.3 is 0 Å². The molecule has 0 saturated carbocycles. The minimum absolute atomic E-state index is 0.463. The van der Waals surface area contributed by atoms with E-state index in [9.17, 15) is 0 Å². The first-order valence-electron chi connectivity index (χ1n) is 7.61. The molecule has 1 heterocycles. The molecule has 19 heavy (non-hydrogen) atoms. The highest BCUT2D eigenvalue weighted by Gasteiger charge is 2.24. The summed E-state index contributed by atoms with van der Waals surface area (Å²) in [6, 6.07) is 9.31. The molecule has 1 unspecified atom stereocenters. The van der Waals surface area contributed by atoms with E-state index in [2.05, 4.69) is 60.4 Å². The van der Waals surface area contributed by atoms with Gasteiger partial charge in [-0.1, -0.05) is 45.0 Å². The van der Waals surface area contributed by atoms with Crippen molar-refractivity contribution < 1.29 is 0 Å². The Hall–Kier alpha value is -0.900. The molecule has 1 aliphatic rings. The summed E-state index contributed by atoms with van der Waals surface area (Å²) in [7, 11) is 0. The normalized spacial score (nSPS) is 20.9. The number of aryl methyl sites for hydroxylation is 1. The van der Waals surface area contributed by atoms with Gasteiger partial charge < -0.3 is 5.32 Å². The van der Waals surface area contributed by atoms with Crippen molar-refractivity contribution in [1.82, 2.24) is 15.3 Å². The lowest BCUT2D eigenvalue weighted by molar-refractivity contribution is -0.0380. The summed E-state index contributed by atoms with van der Waals surface area (Å²) in [5, 5.41) is 8.63. The topological polar surface area (TPSA) is 18.5 Å². The second-order valence-electron chi connectivity index (χ2n) is 5.11. The summed E-state index contributed by atoms with van der Waals surface area (Å²) in [5.74, 6) is 0. The first kappa shape index (κ1) is 14.5. The average molecular weight is 261 g/mol. The Labute approximate surface area is 117 Å². The van der Waals surface area contributed by atoms with Gasteiger partial charge in [-0.2, -0.15) is 0 Å². The van der Waals surface area contributed by atoms with Crippen LogP contribution in [0, 0.1) is 0 Å². The average Bonchev–Trinajstić information content (AvgIpc) is 2.49. The number of hydrogen-bond acceptors (Lipinski definition) is 3. The van der Waals surface area contributed by atoms with Crippen molar-refractivity contribution in [1.29, 1.82) is 0 Å². The van der Waals surface area contributed by atoms with Crippen LogP contribution in [0.4, 0.5) is 0 Å². The van der Waals surface area contributed by atoms with E-state index in [-0.39, 0.29) is 0 Å². The summed E-state index contributed by atoms with van der Waals surface area (Å²) in [4.78, 5) is 0. The van der Waals surface area contributed by atoms with Gasteiger partial charge in [-0.15, -0.1) is 0 Å². The Bertz CT molecular complexity index is 387. The number of hydrogen-bond donors (Lipinski definition) is 1. The molecule has 1 N–H and O–H groups in total. The van der Waals surface area contributed by atoms with Crippen LogP contribution in [0.2, 0.25) is 0 Å². The van der Waals surface area contributed by atoms with Crippen LogP contribution in [-0.4, -0.2) is 42.7 Å². The van der Waals surface area contributed by atoms with Crippen LogP contribution in [0.1, 0.15) is 37.9 Å². The standard InChI is InChI=1S/C16H27N3/c1-4-14-9-7-8-10-15(14)16-13-19(12-11-17-16)18(5-2)6-3/h7-10,16-17H,4-6,11-13H2,1-3H3. The van der Waals surface area contributed by atoms with Gasteiger partial charge in [0.15, 0.2) is 0 Å². The molecule has 1 atom stereocenters. The Kier molecular flexibility index (Phi) is 5.37. The molecule has 3 nitrogen and oxygen atoms in total. The zero-order chi connectivity index (χ0) is 13.7. The van der Waals surface area contributed by atoms with Gasteiger partial charge in [-0.05, 0) is 17.5 Å². The van der Waals surface area contributed by atoms with Crippen LogP contribution in [-0.2, 0) is 6.42 Å². The minimum Gasteiger partial charge on any atom is -0.307 e. The highest BCUT2D eigenvalue weighted by Crippen LogP contribution is 2.22.